The normalized spacial score (nSPS) is 14.1. The molecule has 5 rings (SSSR count). The van der Waals surface area contributed by atoms with Crippen molar-refractivity contribution in [3.8, 4) is 11.5 Å². The zero-order valence-electron chi connectivity index (χ0n) is 17.1. The van der Waals surface area contributed by atoms with E-state index < -0.39 is 0 Å². The molecule has 1 fully saturated rings. The molecule has 0 saturated carbocycles. The van der Waals surface area contributed by atoms with Crippen LogP contribution in [0.2, 0.25) is 0 Å². The van der Waals surface area contributed by atoms with Crippen molar-refractivity contribution in [3.05, 3.63) is 53.3 Å². The van der Waals surface area contributed by atoms with Crippen molar-refractivity contribution in [2.24, 2.45) is 0 Å². The van der Waals surface area contributed by atoms with Gasteiger partial charge in [0.15, 0.2) is 0 Å². The van der Waals surface area contributed by atoms with Gasteiger partial charge in [0.2, 0.25) is 17.7 Å². The summed E-state index contributed by atoms with van der Waals surface area (Å²) in [6, 6.07) is 8.04. The summed E-state index contributed by atoms with van der Waals surface area (Å²) in [5, 5.41) is 17.1. The Morgan fingerprint density at radius 3 is 2.84 bits per heavy atom. The third-order valence-corrected chi connectivity index (χ3v) is 6.25. The molecular weight excluding hydrogens is 410 g/mol. The number of piperidine rings is 1. The Labute approximate surface area is 184 Å². The van der Waals surface area contributed by atoms with E-state index in [4.69, 9.17) is 4.42 Å². The lowest BCUT2D eigenvalue weighted by atomic mass is 10.0. The first-order chi connectivity index (χ1) is 15.3. The molecule has 0 bridgehead atoms. The van der Waals surface area contributed by atoms with Crippen molar-refractivity contribution >= 4 is 39.4 Å². The van der Waals surface area contributed by atoms with Crippen molar-refractivity contribution in [3.63, 3.8) is 0 Å². The first-order valence-electron chi connectivity index (χ1n) is 10.5. The summed E-state index contributed by atoms with van der Waals surface area (Å²) in [7, 11) is 0. The number of aromatic nitrogens is 3. The van der Waals surface area contributed by atoms with Gasteiger partial charge in [-0.2, -0.15) is 11.3 Å². The van der Waals surface area contributed by atoms with Crippen LogP contribution in [-0.4, -0.2) is 34.2 Å². The number of carbonyl (C=O) groups is 1. The van der Waals surface area contributed by atoms with E-state index in [1.165, 1.54) is 24.9 Å². The number of hydrogen-bond donors (Lipinski definition) is 1. The van der Waals surface area contributed by atoms with E-state index in [9.17, 15) is 4.79 Å². The van der Waals surface area contributed by atoms with E-state index in [0.29, 0.717) is 18.2 Å². The molecule has 31 heavy (non-hydrogen) atoms. The van der Waals surface area contributed by atoms with Crippen molar-refractivity contribution in [2.75, 3.05) is 23.3 Å². The lowest BCUT2D eigenvalue weighted by Crippen LogP contribution is -2.29. The van der Waals surface area contributed by atoms with Gasteiger partial charge in [-0.25, -0.2) is 0 Å². The zero-order chi connectivity index (χ0) is 21.0. The Hall–Kier alpha value is -3.26. The van der Waals surface area contributed by atoms with Crippen molar-refractivity contribution in [1.29, 1.82) is 0 Å². The van der Waals surface area contributed by atoms with Crippen LogP contribution in [0.3, 0.4) is 0 Å². The van der Waals surface area contributed by atoms with Gasteiger partial charge in [-0.1, -0.05) is 0 Å². The second-order valence-electron chi connectivity index (χ2n) is 7.66. The van der Waals surface area contributed by atoms with Crippen molar-refractivity contribution in [1.82, 2.24) is 15.2 Å². The Bertz CT molecular complexity index is 1180. The predicted octanol–water partition coefficient (Wildman–Crippen LogP) is 4.91. The number of fused-ring (bicyclic) bond motifs is 1. The second kappa shape index (κ2) is 8.85. The number of nitrogens with one attached hydrogen (secondary N) is 1. The van der Waals surface area contributed by atoms with Crippen LogP contribution in [0.4, 0.5) is 11.4 Å². The van der Waals surface area contributed by atoms with Gasteiger partial charge in [-0.3, -0.25) is 9.78 Å². The van der Waals surface area contributed by atoms with Gasteiger partial charge in [-0.15, -0.1) is 10.2 Å². The van der Waals surface area contributed by atoms with Crippen LogP contribution in [0, 0.1) is 0 Å². The molecule has 3 aromatic heterocycles. The highest BCUT2D eigenvalue weighted by molar-refractivity contribution is 7.08. The monoisotopic (exact) mass is 433 g/mol. The summed E-state index contributed by atoms with van der Waals surface area (Å²) >= 11 is 1.57. The maximum atomic E-state index is 12.6. The average molecular weight is 434 g/mol. The maximum absolute atomic E-state index is 12.6. The zero-order valence-corrected chi connectivity index (χ0v) is 17.9. The molecule has 1 saturated heterocycles. The number of amides is 1. The first kappa shape index (κ1) is 19.7. The number of benzene rings is 1. The summed E-state index contributed by atoms with van der Waals surface area (Å²) in [5.41, 5.74) is 2.89. The molecule has 4 aromatic rings. The van der Waals surface area contributed by atoms with E-state index >= 15 is 0 Å². The highest BCUT2D eigenvalue weighted by Gasteiger charge is 2.16. The van der Waals surface area contributed by atoms with Crippen LogP contribution in [0.1, 0.15) is 31.6 Å². The van der Waals surface area contributed by atoms with Crippen molar-refractivity contribution in [2.45, 2.75) is 32.1 Å². The van der Waals surface area contributed by atoms with Crippen molar-refractivity contribution < 1.29 is 9.21 Å². The minimum Gasteiger partial charge on any atom is -0.421 e. The molecule has 7 nitrogen and oxygen atoms in total. The number of thiophene rings is 1. The number of pyridine rings is 1. The molecule has 0 radical (unpaired) electrons. The minimum absolute atomic E-state index is 0.0915. The molecule has 8 heteroatoms. The Morgan fingerprint density at radius 2 is 2.00 bits per heavy atom. The Balaban J connectivity index is 1.28. The van der Waals surface area contributed by atoms with Gasteiger partial charge >= 0.3 is 0 Å². The van der Waals surface area contributed by atoms with Gasteiger partial charge in [0.05, 0.1) is 5.69 Å². The van der Waals surface area contributed by atoms with E-state index in [2.05, 4.69) is 31.5 Å². The quantitative estimate of drug-likeness (QED) is 0.465. The number of nitrogens with zero attached hydrogens (tertiary/aromatic N) is 4. The topological polar surface area (TPSA) is 84.1 Å². The van der Waals surface area contributed by atoms with Crippen LogP contribution < -0.4 is 10.2 Å². The summed E-state index contributed by atoms with van der Waals surface area (Å²) in [5.74, 6) is 0.858. The number of carbonyl (C=O) groups excluding carboxylic acids is 1. The van der Waals surface area contributed by atoms with Gasteiger partial charge in [-0.05, 0) is 48.9 Å². The van der Waals surface area contributed by atoms with Crippen LogP contribution in [0.15, 0.2) is 51.8 Å². The van der Waals surface area contributed by atoms with Gasteiger partial charge in [0, 0.05) is 65.7 Å². The third-order valence-electron chi connectivity index (χ3n) is 5.57. The number of aryl methyl sites for hydroxylation is 1. The SMILES string of the molecule is O=C(CCc1nnc(-c2ccsc2)o1)Nc1ccc(N2CCCCC2)c2ccncc12. The van der Waals surface area contributed by atoms with E-state index in [-0.39, 0.29) is 12.3 Å². The minimum atomic E-state index is -0.0915. The lowest BCUT2D eigenvalue weighted by molar-refractivity contribution is -0.116. The fourth-order valence-electron chi connectivity index (χ4n) is 3.98. The van der Waals surface area contributed by atoms with Crippen LogP contribution >= 0.6 is 11.3 Å². The van der Waals surface area contributed by atoms with E-state index in [0.717, 1.165) is 35.1 Å². The van der Waals surface area contributed by atoms with Crippen LogP contribution in [-0.2, 0) is 11.2 Å². The molecule has 1 amide bonds. The third kappa shape index (κ3) is 4.29. The average Bonchev–Trinajstić information content (AvgIpc) is 3.51. The Morgan fingerprint density at radius 1 is 1.10 bits per heavy atom. The maximum Gasteiger partial charge on any atom is 0.248 e. The summed E-state index contributed by atoms with van der Waals surface area (Å²) in [6.45, 7) is 2.14. The highest BCUT2D eigenvalue weighted by atomic mass is 32.1. The standard InChI is InChI=1S/C23H23N5O2S/c29-21(6-7-22-26-27-23(30-22)16-9-13-31-15-16)25-19-4-5-20(28-11-2-1-3-12-28)17-8-10-24-14-18(17)19/h4-5,8-10,13-15H,1-3,6-7,11-12H2,(H,25,29). The lowest BCUT2D eigenvalue weighted by Gasteiger charge is -2.30. The van der Waals surface area contributed by atoms with Gasteiger partial charge in [0.1, 0.15) is 0 Å². The number of anilines is 2. The molecule has 0 atom stereocenters. The molecule has 0 aliphatic carbocycles. The molecule has 158 valence electrons. The molecule has 1 aliphatic heterocycles. The fraction of sp³-hybridized carbons (Fsp3) is 0.304. The fourth-order valence-corrected chi connectivity index (χ4v) is 4.61. The number of rotatable bonds is 6. The molecule has 4 heterocycles. The summed E-state index contributed by atoms with van der Waals surface area (Å²) in [6.07, 6.45) is 8.01. The van der Waals surface area contributed by atoms with Crippen LogP contribution in [0.25, 0.3) is 22.2 Å². The molecule has 1 aliphatic rings. The van der Waals surface area contributed by atoms with Gasteiger partial charge < -0.3 is 14.6 Å². The van der Waals surface area contributed by atoms with Gasteiger partial charge in [0.25, 0.3) is 0 Å². The first-order valence-corrected chi connectivity index (χ1v) is 11.5. The molecule has 1 aromatic carbocycles. The predicted molar refractivity (Wildman–Crippen MR) is 122 cm³/mol. The summed E-state index contributed by atoms with van der Waals surface area (Å²) in [4.78, 5) is 19.3. The van der Waals surface area contributed by atoms with E-state index in [1.807, 2.05) is 41.4 Å². The Kier molecular flexibility index (Phi) is 5.62. The largest absolute Gasteiger partial charge is 0.421 e. The smallest absolute Gasteiger partial charge is 0.248 e. The van der Waals surface area contributed by atoms with E-state index in [1.54, 1.807) is 11.3 Å². The molecule has 0 unspecified atom stereocenters. The second-order valence-corrected chi connectivity index (χ2v) is 8.44. The number of hydrogen-bond acceptors (Lipinski definition) is 7. The molecular formula is C23H23N5O2S. The molecule has 0 spiro atoms. The molecule has 1 N–H and O–H groups in total. The summed E-state index contributed by atoms with van der Waals surface area (Å²) < 4.78 is 5.67. The highest BCUT2D eigenvalue weighted by Crippen LogP contribution is 2.33. The van der Waals surface area contributed by atoms with Crippen LogP contribution in [0.5, 0.6) is 0 Å².